The Morgan fingerprint density at radius 1 is 1.06 bits per heavy atom. The Bertz CT molecular complexity index is 1290. The average molecular weight is 508 g/mol. The molecule has 6 nitrogen and oxygen atoms in total. The summed E-state index contributed by atoms with van der Waals surface area (Å²) >= 11 is 3.56. The molecule has 0 atom stereocenters. The van der Waals surface area contributed by atoms with Crippen LogP contribution in [0.5, 0.6) is 5.75 Å². The molecule has 0 saturated heterocycles. The number of anilines is 1. The summed E-state index contributed by atoms with van der Waals surface area (Å²) in [5, 5.41) is 7.46. The Balaban J connectivity index is 1.39. The van der Waals surface area contributed by atoms with Gasteiger partial charge in [-0.3, -0.25) is 9.48 Å². The van der Waals surface area contributed by atoms with Crippen LogP contribution in [0.3, 0.4) is 0 Å². The molecule has 0 bridgehead atoms. The molecule has 4 rings (SSSR count). The number of amides is 1. The number of hydrogen-bond donors (Lipinski definition) is 1. The number of carbonyl (C=O) groups excluding carboxylic acids is 1. The fourth-order valence-electron chi connectivity index (χ4n) is 3.69. The van der Waals surface area contributed by atoms with Crippen molar-refractivity contribution in [1.29, 1.82) is 0 Å². The maximum Gasteiger partial charge on any atom is 0.291 e. The molecule has 1 amide bonds. The van der Waals surface area contributed by atoms with Crippen LogP contribution in [-0.4, -0.2) is 15.7 Å². The number of rotatable bonds is 7. The highest BCUT2D eigenvalue weighted by molar-refractivity contribution is 9.10. The third-order valence-electron chi connectivity index (χ3n) is 5.27. The number of hydrogen-bond acceptors (Lipinski definition) is 4. The molecule has 33 heavy (non-hydrogen) atoms. The number of ether oxygens (including phenoxy) is 1. The van der Waals surface area contributed by atoms with E-state index >= 15 is 0 Å². The summed E-state index contributed by atoms with van der Waals surface area (Å²) in [6.07, 6.45) is 0. The first-order valence-electron chi connectivity index (χ1n) is 10.7. The zero-order valence-electron chi connectivity index (χ0n) is 19.1. The minimum atomic E-state index is -0.307. The molecule has 7 heteroatoms. The third kappa shape index (κ3) is 5.54. The average Bonchev–Trinajstić information content (AvgIpc) is 3.33. The normalized spacial score (nSPS) is 10.9. The Morgan fingerprint density at radius 2 is 1.82 bits per heavy atom. The van der Waals surface area contributed by atoms with Crippen LogP contribution in [0.25, 0.3) is 0 Å². The second-order valence-electron chi connectivity index (χ2n) is 8.18. The minimum Gasteiger partial charge on any atom is -0.486 e. The lowest BCUT2D eigenvalue weighted by molar-refractivity contribution is 0.0992. The van der Waals surface area contributed by atoms with Crippen molar-refractivity contribution < 1.29 is 13.9 Å². The lowest BCUT2D eigenvalue weighted by Gasteiger charge is -2.08. The van der Waals surface area contributed by atoms with Crippen molar-refractivity contribution in [2.45, 2.75) is 40.8 Å². The maximum absolute atomic E-state index is 12.7. The number of furan rings is 1. The number of aromatic nitrogens is 2. The van der Waals surface area contributed by atoms with Crippen molar-refractivity contribution in [3.05, 3.63) is 98.7 Å². The van der Waals surface area contributed by atoms with Crippen LogP contribution < -0.4 is 10.1 Å². The molecular weight excluding hydrogens is 482 g/mol. The zero-order chi connectivity index (χ0) is 23.5. The molecule has 2 aromatic carbocycles. The number of carbonyl (C=O) groups is 1. The van der Waals surface area contributed by atoms with Crippen LogP contribution in [0.4, 0.5) is 5.69 Å². The Labute approximate surface area is 201 Å². The SMILES string of the molecule is Cc1cc(C)cc(OCc2ccc(C(=O)Nc3cccc(Cn4nc(C)c(Br)c4C)c3)o2)c1. The Morgan fingerprint density at radius 3 is 2.52 bits per heavy atom. The van der Waals surface area contributed by atoms with E-state index in [2.05, 4.69) is 32.4 Å². The second kappa shape index (κ2) is 9.67. The Hall–Kier alpha value is -3.32. The van der Waals surface area contributed by atoms with Crippen LogP contribution in [-0.2, 0) is 13.2 Å². The highest BCUT2D eigenvalue weighted by Crippen LogP contribution is 2.22. The molecule has 170 valence electrons. The third-order valence-corrected chi connectivity index (χ3v) is 6.42. The van der Waals surface area contributed by atoms with Gasteiger partial charge in [-0.05, 0) is 96.7 Å². The van der Waals surface area contributed by atoms with E-state index in [0.29, 0.717) is 18.0 Å². The van der Waals surface area contributed by atoms with Gasteiger partial charge < -0.3 is 14.5 Å². The summed E-state index contributed by atoms with van der Waals surface area (Å²) in [5.41, 5.74) is 6.02. The molecule has 0 radical (unpaired) electrons. The summed E-state index contributed by atoms with van der Waals surface area (Å²) in [4.78, 5) is 12.7. The van der Waals surface area contributed by atoms with Crippen molar-refractivity contribution in [3.8, 4) is 5.75 Å². The van der Waals surface area contributed by atoms with Crippen molar-refractivity contribution in [3.63, 3.8) is 0 Å². The molecule has 1 N–H and O–H groups in total. The van der Waals surface area contributed by atoms with E-state index in [4.69, 9.17) is 9.15 Å². The van der Waals surface area contributed by atoms with Gasteiger partial charge in [-0.1, -0.05) is 18.2 Å². The van der Waals surface area contributed by atoms with Crippen molar-refractivity contribution in [2.24, 2.45) is 0 Å². The van der Waals surface area contributed by atoms with Gasteiger partial charge in [0, 0.05) is 5.69 Å². The first-order chi connectivity index (χ1) is 15.8. The number of aryl methyl sites for hydroxylation is 3. The molecule has 0 saturated carbocycles. The lowest BCUT2D eigenvalue weighted by atomic mass is 10.1. The van der Waals surface area contributed by atoms with Gasteiger partial charge in [0.2, 0.25) is 0 Å². The van der Waals surface area contributed by atoms with Gasteiger partial charge in [0.15, 0.2) is 5.76 Å². The predicted octanol–water partition coefficient (Wildman–Crippen LogP) is 6.35. The quantitative estimate of drug-likeness (QED) is 0.316. The molecule has 2 aromatic heterocycles. The number of nitrogens with one attached hydrogen (secondary N) is 1. The smallest absolute Gasteiger partial charge is 0.291 e. The molecular formula is C26H26BrN3O3. The molecule has 0 aliphatic rings. The number of halogens is 1. The summed E-state index contributed by atoms with van der Waals surface area (Å²) in [7, 11) is 0. The molecule has 0 aliphatic heterocycles. The van der Waals surface area contributed by atoms with E-state index < -0.39 is 0 Å². The minimum absolute atomic E-state index is 0.238. The van der Waals surface area contributed by atoms with Crippen molar-refractivity contribution >= 4 is 27.5 Å². The van der Waals surface area contributed by atoms with Gasteiger partial charge in [0.25, 0.3) is 5.91 Å². The van der Waals surface area contributed by atoms with Gasteiger partial charge in [0.1, 0.15) is 18.1 Å². The lowest BCUT2D eigenvalue weighted by Crippen LogP contribution is -2.11. The van der Waals surface area contributed by atoms with Crippen molar-refractivity contribution in [2.75, 3.05) is 5.32 Å². The van der Waals surface area contributed by atoms with E-state index in [1.807, 2.05) is 68.8 Å². The predicted molar refractivity (Wildman–Crippen MR) is 132 cm³/mol. The summed E-state index contributed by atoms with van der Waals surface area (Å²) in [6, 6.07) is 17.2. The number of benzene rings is 2. The van der Waals surface area contributed by atoms with Crippen LogP contribution in [0, 0.1) is 27.7 Å². The van der Waals surface area contributed by atoms with E-state index in [-0.39, 0.29) is 18.3 Å². The first-order valence-corrected chi connectivity index (χ1v) is 11.5. The topological polar surface area (TPSA) is 69.3 Å². The van der Waals surface area contributed by atoms with E-state index in [1.165, 1.54) is 0 Å². The van der Waals surface area contributed by atoms with Gasteiger partial charge in [-0.15, -0.1) is 0 Å². The molecule has 0 aliphatic carbocycles. The molecule has 0 fully saturated rings. The summed E-state index contributed by atoms with van der Waals surface area (Å²) in [6.45, 7) is 8.91. The molecule has 0 spiro atoms. The van der Waals surface area contributed by atoms with Crippen LogP contribution in [0.15, 0.2) is 63.5 Å². The fourth-order valence-corrected chi connectivity index (χ4v) is 3.97. The maximum atomic E-state index is 12.7. The van der Waals surface area contributed by atoms with E-state index in [0.717, 1.165) is 38.3 Å². The van der Waals surface area contributed by atoms with E-state index in [1.54, 1.807) is 12.1 Å². The second-order valence-corrected chi connectivity index (χ2v) is 8.97. The molecule has 4 aromatic rings. The van der Waals surface area contributed by atoms with Gasteiger partial charge in [-0.2, -0.15) is 5.10 Å². The highest BCUT2D eigenvalue weighted by Gasteiger charge is 2.13. The van der Waals surface area contributed by atoms with Gasteiger partial charge in [-0.25, -0.2) is 0 Å². The fraction of sp³-hybridized carbons (Fsp3) is 0.231. The van der Waals surface area contributed by atoms with Crippen LogP contribution in [0.2, 0.25) is 0 Å². The highest BCUT2D eigenvalue weighted by atomic mass is 79.9. The Kier molecular flexibility index (Phi) is 6.70. The van der Waals surface area contributed by atoms with Crippen LogP contribution >= 0.6 is 15.9 Å². The zero-order valence-corrected chi connectivity index (χ0v) is 20.7. The summed E-state index contributed by atoms with van der Waals surface area (Å²) in [5.74, 6) is 1.30. The van der Waals surface area contributed by atoms with Gasteiger partial charge >= 0.3 is 0 Å². The summed E-state index contributed by atoms with van der Waals surface area (Å²) < 4.78 is 14.5. The van der Waals surface area contributed by atoms with Crippen LogP contribution in [0.1, 0.15) is 44.4 Å². The standard InChI is InChI=1S/C26H26BrN3O3/c1-16-10-17(2)12-23(11-16)32-15-22-8-9-24(33-22)26(31)28-21-7-5-6-20(13-21)14-30-19(4)25(27)18(3)29-30/h5-13H,14-15H2,1-4H3,(H,28,31). The monoisotopic (exact) mass is 507 g/mol. The van der Waals surface area contributed by atoms with Gasteiger partial charge in [0.05, 0.1) is 22.4 Å². The molecule has 2 heterocycles. The largest absolute Gasteiger partial charge is 0.486 e. The first kappa shape index (κ1) is 22.9. The van der Waals surface area contributed by atoms with Crippen molar-refractivity contribution in [1.82, 2.24) is 9.78 Å². The van der Waals surface area contributed by atoms with E-state index in [9.17, 15) is 4.79 Å². The number of nitrogens with zero attached hydrogens (tertiary/aromatic N) is 2. The molecule has 0 unspecified atom stereocenters.